The van der Waals surface area contributed by atoms with Crippen LogP contribution in [0.1, 0.15) is 37.8 Å². The van der Waals surface area contributed by atoms with Crippen LogP contribution < -0.4 is 20.7 Å². The van der Waals surface area contributed by atoms with E-state index in [-0.39, 0.29) is 30.6 Å². The first-order valence-electron chi connectivity index (χ1n) is 11.5. The Morgan fingerprint density at radius 2 is 1.79 bits per heavy atom. The third-order valence-electron chi connectivity index (χ3n) is 6.47. The van der Waals surface area contributed by atoms with Crippen LogP contribution >= 0.6 is 0 Å². The minimum Gasteiger partial charge on any atom is -0.490 e. The Labute approximate surface area is 191 Å². The Morgan fingerprint density at radius 3 is 2.61 bits per heavy atom. The number of fused-ring (bicyclic) bond motifs is 2. The lowest BCUT2D eigenvalue weighted by atomic mass is 10.0. The van der Waals surface area contributed by atoms with Crippen molar-refractivity contribution in [1.29, 1.82) is 0 Å². The van der Waals surface area contributed by atoms with Gasteiger partial charge in [0.2, 0.25) is 5.91 Å². The Morgan fingerprint density at radius 1 is 1.00 bits per heavy atom. The van der Waals surface area contributed by atoms with E-state index in [9.17, 15) is 14.4 Å². The predicted octanol–water partition coefficient (Wildman–Crippen LogP) is 2.71. The van der Waals surface area contributed by atoms with Crippen LogP contribution in [0.5, 0.6) is 11.5 Å². The Hall–Kier alpha value is -3.55. The van der Waals surface area contributed by atoms with E-state index in [1.807, 2.05) is 23.1 Å². The highest BCUT2D eigenvalue weighted by Crippen LogP contribution is 2.38. The van der Waals surface area contributed by atoms with Crippen molar-refractivity contribution in [3.05, 3.63) is 68.9 Å². The van der Waals surface area contributed by atoms with E-state index in [2.05, 4.69) is 0 Å². The van der Waals surface area contributed by atoms with E-state index in [4.69, 9.17) is 9.47 Å². The standard InChI is InChI=1S/C25H27N3O5/c1-2-26-24(30)18-7-3-4-8-20(18)28(25(26)31)16-23(29)27-12-5-9-19(27)17-10-11-21-22(15-17)33-14-6-13-32-21/h3-4,7-8,10-11,15,19H,2,5-6,9,12-14,16H2,1H3/t19-/m1/s1. The number of amides is 1. The van der Waals surface area contributed by atoms with Crippen LogP contribution in [-0.2, 0) is 17.9 Å². The van der Waals surface area contributed by atoms with Crippen LogP contribution in [0.4, 0.5) is 0 Å². The molecule has 3 aromatic rings. The SMILES string of the molecule is CCn1c(=O)c2ccccc2n(CC(=O)N2CCC[C@@H]2c2ccc3c(c2)OCCCO3)c1=O. The first kappa shape index (κ1) is 21.3. The molecule has 8 nitrogen and oxygen atoms in total. The van der Waals surface area contributed by atoms with E-state index in [0.29, 0.717) is 36.4 Å². The maximum Gasteiger partial charge on any atom is 0.331 e. The van der Waals surface area contributed by atoms with Crippen molar-refractivity contribution in [1.82, 2.24) is 14.0 Å². The molecule has 2 aliphatic heterocycles. The molecular weight excluding hydrogens is 422 g/mol. The summed E-state index contributed by atoms with van der Waals surface area (Å²) in [7, 11) is 0. The zero-order valence-corrected chi connectivity index (χ0v) is 18.7. The minimum absolute atomic E-state index is 0.0892. The van der Waals surface area contributed by atoms with Crippen molar-refractivity contribution < 1.29 is 14.3 Å². The first-order valence-corrected chi connectivity index (χ1v) is 11.5. The number of benzene rings is 2. The van der Waals surface area contributed by atoms with E-state index >= 15 is 0 Å². The minimum atomic E-state index is -0.458. The molecule has 3 heterocycles. The van der Waals surface area contributed by atoms with Crippen molar-refractivity contribution in [3.8, 4) is 11.5 Å². The van der Waals surface area contributed by atoms with Gasteiger partial charge in [-0.2, -0.15) is 0 Å². The number of aromatic nitrogens is 2. The summed E-state index contributed by atoms with van der Waals surface area (Å²) in [6, 6.07) is 12.7. The van der Waals surface area contributed by atoms with Gasteiger partial charge in [0.15, 0.2) is 11.5 Å². The smallest absolute Gasteiger partial charge is 0.331 e. The topological polar surface area (TPSA) is 82.8 Å². The lowest BCUT2D eigenvalue weighted by Crippen LogP contribution is -2.43. The molecule has 33 heavy (non-hydrogen) atoms. The fourth-order valence-electron chi connectivity index (χ4n) is 4.83. The third kappa shape index (κ3) is 3.79. The second-order valence-electron chi connectivity index (χ2n) is 8.44. The lowest BCUT2D eigenvalue weighted by molar-refractivity contribution is -0.132. The van der Waals surface area contributed by atoms with Gasteiger partial charge in [-0.05, 0) is 49.6 Å². The molecule has 5 rings (SSSR count). The summed E-state index contributed by atoms with van der Waals surface area (Å²) in [5, 5.41) is 0.438. The summed E-state index contributed by atoms with van der Waals surface area (Å²) < 4.78 is 14.2. The number of likely N-dealkylation sites (tertiary alicyclic amines) is 1. The van der Waals surface area contributed by atoms with E-state index < -0.39 is 5.69 Å². The monoisotopic (exact) mass is 449 g/mol. The van der Waals surface area contributed by atoms with Gasteiger partial charge >= 0.3 is 5.69 Å². The van der Waals surface area contributed by atoms with Crippen molar-refractivity contribution in [2.75, 3.05) is 19.8 Å². The molecule has 1 atom stereocenters. The molecule has 0 bridgehead atoms. The molecule has 0 radical (unpaired) electrons. The van der Waals surface area contributed by atoms with Gasteiger partial charge in [0.05, 0.1) is 30.2 Å². The summed E-state index contributed by atoms with van der Waals surface area (Å²) in [4.78, 5) is 41.0. The first-order chi connectivity index (χ1) is 16.1. The van der Waals surface area contributed by atoms with Gasteiger partial charge in [0, 0.05) is 19.5 Å². The zero-order valence-electron chi connectivity index (χ0n) is 18.7. The van der Waals surface area contributed by atoms with Crippen LogP contribution in [0.15, 0.2) is 52.1 Å². The number of nitrogens with zero attached hydrogens (tertiary/aromatic N) is 3. The molecule has 172 valence electrons. The van der Waals surface area contributed by atoms with E-state index in [0.717, 1.165) is 30.6 Å². The number of carbonyl (C=O) groups excluding carboxylic acids is 1. The normalized spacial score (nSPS) is 17.8. The highest BCUT2D eigenvalue weighted by Gasteiger charge is 2.31. The Balaban J connectivity index is 1.47. The van der Waals surface area contributed by atoms with Crippen LogP contribution in [-0.4, -0.2) is 39.7 Å². The summed E-state index contributed by atoms with van der Waals surface area (Å²) in [5.74, 6) is 1.30. The van der Waals surface area contributed by atoms with Gasteiger partial charge in [-0.1, -0.05) is 18.2 Å². The number of rotatable bonds is 4. The van der Waals surface area contributed by atoms with Crippen LogP contribution in [0.2, 0.25) is 0 Å². The Kier molecular flexibility index (Phi) is 5.66. The summed E-state index contributed by atoms with van der Waals surface area (Å²) >= 11 is 0. The molecule has 0 aliphatic carbocycles. The second-order valence-corrected chi connectivity index (χ2v) is 8.44. The molecule has 0 spiro atoms. The van der Waals surface area contributed by atoms with Gasteiger partial charge in [0.1, 0.15) is 6.54 Å². The number of para-hydroxylation sites is 1. The molecule has 1 fully saturated rings. The molecule has 1 saturated heterocycles. The van der Waals surface area contributed by atoms with Crippen LogP contribution in [0.3, 0.4) is 0 Å². The van der Waals surface area contributed by atoms with Crippen molar-refractivity contribution in [2.45, 2.75) is 45.3 Å². The molecule has 2 aromatic carbocycles. The lowest BCUT2D eigenvalue weighted by Gasteiger charge is -2.26. The van der Waals surface area contributed by atoms with Gasteiger partial charge in [0.25, 0.3) is 5.56 Å². The Bertz CT molecular complexity index is 1330. The zero-order chi connectivity index (χ0) is 22.9. The predicted molar refractivity (Wildman–Crippen MR) is 124 cm³/mol. The molecule has 1 amide bonds. The van der Waals surface area contributed by atoms with E-state index in [1.165, 1.54) is 9.13 Å². The number of hydrogen-bond acceptors (Lipinski definition) is 5. The molecule has 8 heteroatoms. The molecular formula is C25H27N3O5. The summed E-state index contributed by atoms with van der Waals surface area (Å²) in [5.41, 5.74) is 0.701. The molecule has 0 saturated carbocycles. The molecule has 0 unspecified atom stereocenters. The average molecular weight is 450 g/mol. The summed E-state index contributed by atoms with van der Waals surface area (Å²) in [6.45, 7) is 3.75. The van der Waals surface area contributed by atoms with E-state index in [1.54, 1.807) is 31.2 Å². The molecule has 2 aliphatic rings. The fourth-order valence-corrected chi connectivity index (χ4v) is 4.83. The van der Waals surface area contributed by atoms with Gasteiger partial charge in [-0.3, -0.25) is 18.7 Å². The average Bonchev–Trinajstić information content (AvgIpc) is 3.21. The van der Waals surface area contributed by atoms with Crippen molar-refractivity contribution in [2.24, 2.45) is 0 Å². The maximum atomic E-state index is 13.4. The third-order valence-corrected chi connectivity index (χ3v) is 6.47. The molecule has 1 aromatic heterocycles. The van der Waals surface area contributed by atoms with Crippen molar-refractivity contribution >= 4 is 16.8 Å². The summed E-state index contributed by atoms with van der Waals surface area (Å²) in [6.07, 6.45) is 2.56. The largest absolute Gasteiger partial charge is 0.490 e. The quantitative estimate of drug-likeness (QED) is 0.612. The highest BCUT2D eigenvalue weighted by molar-refractivity contribution is 5.82. The number of hydrogen-bond donors (Lipinski definition) is 0. The molecule has 0 N–H and O–H groups in total. The van der Waals surface area contributed by atoms with Crippen LogP contribution in [0, 0.1) is 0 Å². The van der Waals surface area contributed by atoms with Crippen LogP contribution in [0.25, 0.3) is 10.9 Å². The maximum absolute atomic E-state index is 13.4. The number of carbonyl (C=O) groups is 1. The van der Waals surface area contributed by atoms with Gasteiger partial charge in [-0.15, -0.1) is 0 Å². The van der Waals surface area contributed by atoms with Crippen molar-refractivity contribution in [3.63, 3.8) is 0 Å². The highest BCUT2D eigenvalue weighted by atomic mass is 16.5. The number of ether oxygens (including phenoxy) is 2. The second kappa shape index (κ2) is 8.77. The van der Waals surface area contributed by atoms with Gasteiger partial charge < -0.3 is 14.4 Å². The fraction of sp³-hybridized carbons (Fsp3) is 0.400. The van der Waals surface area contributed by atoms with Gasteiger partial charge in [-0.25, -0.2) is 4.79 Å².